The second kappa shape index (κ2) is 10.9. The minimum atomic E-state index is 0.450. The van der Waals surface area contributed by atoms with E-state index in [0.29, 0.717) is 6.61 Å². The van der Waals surface area contributed by atoms with Crippen LogP contribution in [-0.2, 0) is 6.61 Å². The largest absolute Gasteiger partial charge is 0.487 e. The summed E-state index contributed by atoms with van der Waals surface area (Å²) in [5.74, 6) is 0.850. The van der Waals surface area contributed by atoms with Crippen molar-refractivity contribution in [3.05, 3.63) is 107 Å². The molecule has 0 atom stereocenters. The Morgan fingerprint density at radius 2 is 1.62 bits per heavy atom. The third-order valence-electron chi connectivity index (χ3n) is 6.32. The third-order valence-corrected chi connectivity index (χ3v) is 6.57. The van der Waals surface area contributed by atoms with Crippen LogP contribution in [-0.4, -0.2) is 29.5 Å². The molecule has 0 amide bonds. The molecule has 1 aliphatic rings. The van der Waals surface area contributed by atoms with Crippen LogP contribution in [0.15, 0.2) is 84.9 Å². The molecule has 0 saturated carbocycles. The van der Waals surface area contributed by atoms with Gasteiger partial charge in [-0.15, -0.1) is 0 Å². The number of pyridine rings is 1. The maximum absolute atomic E-state index is 6.09. The lowest BCUT2D eigenvalue weighted by atomic mass is 10.0. The minimum Gasteiger partial charge on any atom is -0.487 e. The van der Waals surface area contributed by atoms with E-state index in [1.807, 2.05) is 36.4 Å². The molecule has 0 spiro atoms. The van der Waals surface area contributed by atoms with Crippen molar-refractivity contribution in [3.63, 3.8) is 0 Å². The Labute approximate surface area is 206 Å². The van der Waals surface area contributed by atoms with Crippen LogP contribution in [0.2, 0.25) is 5.02 Å². The van der Waals surface area contributed by atoms with Crippen molar-refractivity contribution in [1.29, 1.82) is 0 Å². The van der Waals surface area contributed by atoms with Crippen molar-refractivity contribution in [2.24, 2.45) is 0 Å². The third kappa shape index (κ3) is 5.85. The molecule has 1 aliphatic heterocycles. The van der Waals surface area contributed by atoms with E-state index >= 15 is 0 Å². The highest BCUT2D eigenvalue weighted by Gasteiger charge is 2.13. The van der Waals surface area contributed by atoms with Crippen LogP contribution in [0.3, 0.4) is 0 Å². The summed E-state index contributed by atoms with van der Waals surface area (Å²) in [5.41, 5.74) is 5.62. The fourth-order valence-corrected chi connectivity index (χ4v) is 4.58. The number of nitrogens with zero attached hydrogens (tertiary/aromatic N) is 2. The lowest BCUT2D eigenvalue weighted by molar-refractivity contribution is 0.255. The normalized spacial score (nSPS) is 14.9. The van der Waals surface area contributed by atoms with Gasteiger partial charge in [0.2, 0.25) is 0 Å². The van der Waals surface area contributed by atoms with E-state index in [9.17, 15) is 0 Å². The number of hydrogen-bond acceptors (Lipinski definition) is 3. The van der Waals surface area contributed by atoms with E-state index in [-0.39, 0.29) is 0 Å². The standard InChI is InChI=1S/C30H29ClN2O/c31-27-13-8-23(9-14-27)20-26(21-33-18-4-1-5-19-33)24-11-16-29(17-12-24)34-22-28-15-10-25-6-2-3-7-30(25)32-28/h2-3,6-17,20H,1,4-5,18-19,21-22H2. The zero-order valence-electron chi connectivity index (χ0n) is 19.3. The molecule has 34 heavy (non-hydrogen) atoms. The Bertz CT molecular complexity index is 1260. The lowest BCUT2D eigenvalue weighted by Gasteiger charge is -2.27. The van der Waals surface area contributed by atoms with Crippen molar-refractivity contribution >= 4 is 34.2 Å². The highest BCUT2D eigenvalue weighted by atomic mass is 35.5. The molecule has 0 N–H and O–H groups in total. The second-order valence-electron chi connectivity index (χ2n) is 8.87. The summed E-state index contributed by atoms with van der Waals surface area (Å²) in [6.45, 7) is 3.73. The molecule has 0 radical (unpaired) electrons. The number of ether oxygens (including phenoxy) is 1. The highest BCUT2D eigenvalue weighted by molar-refractivity contribution is 6.30. The van der Waals surface area contributed by atoms with Crippen LogP contribution in [0.5, 0.6) is 5.75 Å². The van der Waals surface area contributed by atoms with Gasteiger partial charge in [-0.25, -0.2) is 4.98 Å². The number of halogens is 1. The van der Waals surface area contributed by atoms with Crippen molar-refractivity contribution in [2.45, 2.75) is 25.9 Å². The van der Waals surface area contributed by atoms with Gasteiger partial charge >= 0.3 is 0 Å². The first kappa shape index (κ1) is 22.6. The number of piperidine rings is 1. The maximum Gasteiger partial charge on any atom is 0.130 e. The summed E-state index contributed by atoms with van der Waals surface area (Å²) in [4.78, 5) is 7.26. The molecule has 5 rings (SSSR count). The van der Waals surface area contributed by atoms with E-state index in [1.54, 1.807) is 0 Å². The van der Waals surface area contributed by atoms with Gasteiger partial charge in [0, 0.05) is 17.0 Å². The van der Waals surface area contributed by atoms with Crippen LogP contribution >= 0.6 is 11.6 Å². The summed E-state index contributed by atoms with van der Waals surface area (Å²) in [5, 5.41) is 1.90. The number of rotatable bonds is 7. The number of aromatic nitrogens is 1. The zero-order chi connectivity index (χ0) is 23.2. The molecule has 172 valence electrons. The average molecular weight is 469 g/mol. The molecule has 4 heteroatoms. The second-order valence-corrected chi connectivity index (χ2v) is 9.30. The molecular formula is C30H29ClN2O. The number of benzene rings is 3. The summed E-state index contributed by atoms with van der Waals surface area (Å²) >= 11 is 6.09. The van der Waals surface area contributed by atoms with Gasteiger partial charge in [-0.05, 0) is 85.1 Å². The Kier molecular flexibility index (Phi) is 7.23. The maximum atomic E-state index is 6.09. The van der Waals surface area contributed by atoms with E-state index in [1.165, 1.54) is 36.0 Å². The average Bonchev–Trinajstić information content (AvgIpc) is 2.89. The predicted octanol–water partition coefficient (Wildman–Crippen LogP) is 7.49. The molecular weight excluding hydrogens is 440 g/mol. The monoisotopic (exact) mass is 468 g/mol. The van der Waals surface area contributed by atoms with Gasteiger partial charge in [-0.3, -0.25) is 4.90 Å². The van der Waals surface area contributed by atoms with Crippen LogP contribution in [0, 0.1) is 0 Å². The molecule has 1 saturated heterocycles. The zero-order valence-corrected chi connectivity index (χ0v) is 20.0. The van der Waals surface area contributed by atoms with Gasteiger partial charge in [-0.1, -0.05) is 66.6 Å². The quantitative estimate of drug-likeness (QED) is 0.262. The molecule has 0 aliphatic carbocycles. The summed E-state index contributed by atoms with van der Waals surface area (Å²) in [6.07, 6.45) is 6.18. The van der Waals surface area contributed by atoms with E-state index < -0.39 is 0 Å². The minimum absolute atomic E-state index is 0.450. The Morgan fingerprint density at radius 3 is 2.41 bits per heavy atom. The fraction of sp³-hybridized carbons (Fsp3) is 0.233. The Balaban J connectivity index is 1.31. The summed E-state index contributed by atoms with van der Waals surface area (Å²) < 4.78 is 6.05. The van der Waals surface area contributed by atoms with Gasteiger partial charge < -0.3 is 4.74 Å². The van der Waals surface area contributed by atoms with Gasteiger partial charge in [0.15, 0.2) is 0 Å². The van der Waals surface area contributed by atoms with Gasteiger partial charge in [-0.2, -0.15) is 0 Å². The number of hydrogen-bond donors (Lipinski definition) is 0. The highest BCUT2D eigenvalue weighted by Crippen LogP contribution is 2.25. The Morgan fingerprint density at radius 1 is 0.853 bits per heavy atom. The van der Waals surface area contributed by atoms with E-state index in [0.717, 1.165) is 47.0 Å². The van der Waals surface area contributed by atoms with Crippen molar-refractivity contribution < 1.29 is 4.74 Å². The van der Waals surface area contributed by atoms with Crippen molar-refractivity contribution in [2.75, 3.05) is 19.6 Å². The van der Waals surface area contributed by atoms with Crippen molar-refractivity contribution in [3.8, 4) is 5.75 Å². The van der Waals surface area contributed by atoms with E-state index in [2.05, 4.69) is 59.5 Å². The van der Waals surface area contributed by atoms with Crippen LogP contribution in [0.25, 0.3) is 22.6 Å². The first-order valence-corrected chi connectivity index (χ1v) is 12.4. The van der Waals surface area contributed by atoms with E-state index in [4.69, 9.17) is 21.3 Å². The molecule has 2 heterocycles. The van der Waals surface area contributed by atoms with Gasteiger partial charge in [0.05, 0.1) is 11.2 Å². The Hall–Kier alpha value is -3.14. The van der Waals surface area contributed by atoms with Crippen LogP contribution in [0.1, 0.15) is 36.1 Å². The molecule has 1 aromatic heterocycles. The molecule has 1 fully saturated rings. The molecule has 0 unspecified atom stereocenters. The van der Waals surface area contributed by atoms with Gasteiger partial charge in [0.1, 0.15) is 12.4 Å². The molecule has 0 bridgehead atoms. The first-order chi connectivity index (χ1) is 16.7. The fourth-order valence-electron chi connectivity index (χ4n) is 4.45. The molecule has 3 nitrogen and oxygen atoms in total. The van der Waals surface area contributed by atoms with Gasteiger partial charge in [0.25, 0.3) is 0 Å². The topological polar surface area (TPSA) is 25.4 Å². The van der Waals surface area contributed by atoms with Crippen molar-refractivity contribution in [1.82, 2.24) is 9.88 Å². The number of likely N-dealkylation sites (tertiary alicyclic amines) is 1. The number of fused-ring (bicyclic) bond motifs is 1. The smallest absolute Gasteiger partial charge is 0.130 e. The SMILES string of the molecule is Clc1ccc(C=C(CN2CCCCC2)c2ccc(OCc3ccc4ccccc4n3)cc2)cc1. The van der Waals surface area contributed by atoms with Crippen LogP contribution in [0.4, 0.5) is 0 Å². The summed E-state index contributed by atoms with van der Waals surface area (Å²) in [6, 6.07) is 28.8. The molecule has 4 aromatic rings. The summed E-state index contributed by atoms with van der Waals surface area (Å²) in [7, 11) is 0. The predicted molar refractivity (Wildman–Crippen MR) is 142 cm³/mol. The first-order valence-electron chi connectivity index (χ1n) is 12.0. The molecule has 3 aromatic carbocycles. The van der Waals surface area contributed by atoms with Crippen LogP contribution < -0.4 is 4.74 Å². The number of para-hydroxylation sites is 1. The lowest BCUT2D eigenvalue weighted by Crippen LogP contribution is -2.31.